The smallest absolute Gasteiger partial charge is 0.230 e. The van der Waals surface area contributed by atoms with Gasteiger partial charge in [-0.15, -0.1) is 0 Å². The van der Waals surface area contributed by atoms with E-state index in [0.717, 1.165) is 10.8 Å². The number of fused-ring (bicyclic) bond motifs is 1. The van der Waals surface area contributed by atoms with Crippen LogP contribution in [0, 0.1) is 5.82 Å². The molecule has 0 spiro atoms. The normalized spacial score (nSPS) is 10.7. The molecule has 0 bridgehead atoms. The van der Waals surface area contributed by atoms with Crippen molar-refractivity contribution in [1.82, 2.24) is 9.97 Å². The molecule has 0 radical (unpaired) electrons. The second kappa shape index (κ2) is 6.98. The number of aromatic nitrogens is 2. The summed E-state index contributed by atoms with van der Waals surface area (Å²) in [5.41, 5.74) is 0.582. The molecule has 26 heavy (non-hydrogen) atoms. The number of hydrogen-bond donors (Lipinski definition) is 1. The minimum Gasteiger partial charge on any atom is -0.438 e. The monoisotopic (exact) mass is 365 g/mol. The third-order valence-corrected chi connectivity index (χ3v) is 4.06. The number of benzene rings is 3. The molecular formula is C20H13ClFN3O. The first-order chi connectivity index (χ1) is 12.7. The predicted octanol–water partition coefficient (Wildman–Crippen LogP) is 5.96. The highest BCUT2D eigenvalue weighted by molar-refractivity contribution is 6.31. The first-order valence-electron chi connectivity index (χ1n) is 7.90. The summed E-state index contributed by atoms with van der Waals surface area (Å²) in [4.78, 5) is 8.49. The SMILES string of the molecule is Fc1ccc(Nc2nccc(Oc3cccc4ccccc34)n2)cc1Cl. The standard InChI is InChI=1S/C20H13ClFN3O/c21-16-12-14(8-9-17(16)22)24-20-23-11-10-19(25-20)26-18-7-3-5-13-4-1-2-6-15(13)18/h1-12H,(H,23,24,25). The topological polar surface area (TPSA) is 47.0 Å². The van der Waals surface area contributed by atoms with Crippen molar-refractivity contribution in [2.24, 2.45) is 0 Å². The lowest BCUT2D eigenvalue weighted by Gasteiger charge is -2.10. The number of hydrogen-bond acceptors (Lipinski definition) is 4. The van der Waals surface area contributed by atoms with Crippen LogP contribution in [0.5, 0.6) is 11.6 Å². The second-order valence-electron chi connectivity index (χ2n) is 5.55. The van der Waals surface area contributed by atoms with Crippen LogP contribution in [-0.4, -0.2) is 9.97 Å². The molecule has 0 saturated carbocycles. The van der Waals surface area contributed by atoms with Gasteiger partial charge in [-0.3, -0.25) is 0 Å². The minimum absolute atomic E-state index is 0.0261. The Labute approximate surface area is 154 Å². The molecular weight excluding hydrogens is 353 g/mol. The molecule has 0 aliphatic rings. The maximum Gasteiger partial charge on any atom is 0.230 e. The summed E-state index contributed by atoms with van der Waals surface area (Å²) in [7, 11) is 0. The number of rotatable bonds is 4. The van der Waals surface area contributed by atoms with Gasteiger partial charge in [-0.05, 0) is 29.7 Å². The Kier molecular flexibility index (Phi) is 4.37. The Morgan fingerprint density at radius 2 is 1.81 bits per heavy atom. The molecule has 4 rings (SSSR count). The summed E-state index contributed by atoms with van der Waals surface area (Å²) in [6.07, 6.45) is 1.58. The van der Waals surface area contributed by atoms with E-state index >= 15 is 0 Å². The maximum absolute atomic E-state index is 13.3. The van der Waals surface area contributed by atoms with E-state index in [1.165, 1.54) is 12.1 Å². The molecule has 0 unspecified atom stereocenters. The average molecular weight is 366 g/mol. The third kappa shape index (κ3) is 3.43. The summed E-state index contributed by atoms with van der Waals surface area (Å²) < 4.78 is 19.2. The first kappa shape index (κ1) is 16.3. The molecule has 4 nitrogen and oxygen atoms in total. The molecule has 3 aromatic carbocycles. The van der Waals surface area contributed by atoms with E-state index in [1.54, 1.807) is 18.3 Å². The average Bonchev–Trinajstić information content (AvgIpc) is 2.65. The van der Waals surface area contributed by atoms with Gasteiger partial charge in [-0.1, -0.05) is 48.0 Å². The van der Waals surface area contributed by atoms with Crippen LogP contribution in [0.3, 0.4) is 0 Å². The van der Waals surface area contributed by atoms with Crippen LogP contribution < -0.4 is 10.1 Å². The molecule has 1 N–H and O–H groups in total. The van der Waals surface area contributed by atoms with Crippen LogP contribution in [0.25, 0.3) is 10.8 Å². The largest absolute Gasteiger partial charge is 0.438 e. The molecule has 0 aliphatic carbocycles. The van der Waals surface area contributed by atoms with Gasteiger partial charge in [0.1, 0.15) is 11.6 Å². The zero-order valence-electron chi connectivity index (χ0n) is 13.5. The minimum atomic E-state index is -0.480. The first-order valence-corrected chi connectivity index (χ1v) is 8.27. The number of nitrogens with zero attached hydrogens (tertiary/aromatic N) is 2. The molecule has 6 heteroatoms. The van der Waals surface area contributed by atoms with E-state index in [0.29, 0.717) is 23.3 Å². The molecule has 0 saturated heterocycles. The fraction of sp³-hybridized carbons (Fsp3) is 0. The van der Waals surface area contributed by atoms with Crippen molar-refractivity contribution in [3.63, 3.8) is 0 Å². The Bertz CT molecular complexity index is 1080. The van der Waals surface area contributed by atoms with Crippen molar-refractivity contribution < 1.29 is 9.13 Å². The van der Waals surface area contributed by atoms with Gasteiger partial charge in [0.15, 0.2) is 0 Å². The van der Waals surface area contributed by atoms with Gasteiger partial charge in [0.05, 0.1) is 5.02 Å². The number of ether oxygens (including phenoxy) is 1. The zero-order chi connectivity index (χ0) is 17.9. The molecule has 0 amide bonds. The Hall–Kier alpha value is -3.18. The van der Waals surface area contributed by atoms with Gasteiger partial charge in [0.25, 0.3) is 0 Å². The van der Waals surface area contributed by atoms with Crippen LogP contribution in [-0.2, 0) is 0 Å². The molecule has 1 heterocycles. The summed E-state index contributed by atoms with van der Waals surface area (Å²) in [5.74, 6) is 0.946. The van der Waals surface area contributed by atoms with Gasteiger partial charge in [0, 0.05) is 23.3 Å². The molecule has 128 valence electrons. The highest BCUT2D eigenvalue weighted by Crippen LogP contribution is 2.29. The Morgan fingerprint density at radius 3 is 2.69 bits per heavy atom. The molecule has 0 fully saturated rings. The molecule has 0 aliphatic heterocycles. The lowest BCUT2D eigenvalue weighted by molar-refractivity contribution is 0.468. The Balaban J connectivity index is 1.60. The number of nitrogens with one attached hydrogen (secondary N) is 1. The van der Waals surface area contributed by atoms with Gasteiger partial charge >= 0.3 is 0 Å². The lowest BCUT2D eigenvalue weighted by atomic mass is 10.1. The van der Waals surface area contributed by atoms with Crippen LogP contribution >= 0.6 is 11.6 Å². The summed E-state index contributed by atoms with van der Waals surface area (Å²) in [6.45, 7) is 0. The third-order valence-electron chi connectivity index (χ3n) is 3.77. The van der Waals surface area contributed by atoms with E-state index in [1.807, 2.05) is 42.5 Å². The van der Waals surface area contributed by atoms with E-state index in [9.17, 15) is 4.39 Å². The van der Waals surface area contributed by atoms with Gasteiger partial charge in [-0.25, -0.2) is 9.37 Å². The fourth-order valence-electron chi connectivity index (χ4n) is 2.56. The van der Waals surface area contributed by atoms with Crippen molar-refractivity contribution in [2.75, 3.05) is 5.32 Å². The molecule has 4 aromatic rings. The number of anilines is 2. The van der Waals surface area contributed by atoms with E-state index in [4.69, 9.17) is 16.3 Å². The fourth-order valence-corrected chi connectivity index (χ4v) is 2.74. The van der Waals surface area contributed by atoms with Crippen molar-refractivity contribution >= 4 is 34.0 Å². The summed E-state index contributed by atoms with van der Waals surface area (Å²) in [6, 6.07) is 19.8. The highest BCUT2D eigenvalue weighted by Gasteiger charge is 2.07. The zero-order valence-corrected chi connectivity index (χ0v) is 14.2. The van der Waals surface area contributed by atoms with E-state index < -0.39 is 5.82 Å². The van der Waals surface area contributed by atoms with Crippen LogP contribution in [0.4, 0.5) is 16.0 Å². The summed E-state index contributed by atoms with van der Waals surface area (Å²) in [5, 5.41) is 5.08. The number of halogens is 2. The van der Waals surface area contributed by atoms with Crippen molar-refractivity contribution in [1.29, 1.82) is 0 Å². The predicted molar refractivity (Wildman–Crippen MR) is 101 cm³/mol. The van der Waals surface area contributed by atoms with E-state index in [-0.39, 0.29) is 5.02 Å². The van der Waals surface area contributed by atoms with Gasteiger partial charge in [-0.2, -0.15) is 4.98 Å². The van der Waals surface area contributed by atoms with Crippen LogP contribution in [0.2, 0.25) is 5.02 Å². The van der Waals surface area contributed by atoms with Crippen LogP contribution in [0.1, 0.15) is 0 Å². The van der Waals surface area contributed by atoms with Crippen LogP contribution in [0.15, 0.2) is 72.9 Å². The molecule has 0 atom stereocenters. The van der Waals surface area contributed by atoms with Crippen molar-refractivity contribution in [3.8, 4) is 11.6 Å². The highest BCUT2D eigenvalue weighted by atomic mass is 35.5. The Morgan fingerprint density at radius 1 is 0.962 bits per heavy atom. The maximum atomic E-state index is 13.3. The van der Waals surface area contributed by atoms with Gasteiger partial charge in [0.2, 0.25) is 11.8 Å². The van der Waals surface area contributed by atoms with E-state index in [2.05, 4.69) is 15.3 Å². The van der Waals surface area contributed by atoms with Gasteiger partial charge < -0.3 is 10.1 Å². The van der Waals surface area contributed by atoms with Crippen molar-refractivity contribution in [3.05, 3.63) is 83.8 Å². The summed E-state index contributed by atoms with van der Waals surface area (Å²) >= 11 is 5.79. The lowest BCUT2D eigenvalue weighted by Crippen LogP contribution is -1.98. The van der Waals surface area contributed by atoms with Crippen molar-refractivity contribution in [2.45, 2.75) is 0 Å². The molecule has 1 aromatic heterocycles. The second-order valence-corrected chi connectivity index (χ2v) is 5.96. The quantitative estimate of drug-likeness (QED) is 0.485.